The van der Waals surface area contributed by atoms with Crippen LogP contribution in [-0.2, 0) is 11.9 Å². The molecule has 2 atom stereocenters. The smallest absolute Gasteiger partial charge is 0.321 e. The van der Waals surface area contributed by atoms with E-state index in [1.807, 2.05) is 0 Å². The lowest BCUT2D eigenvalue weighted by Crippen LogP contribution is -2.44. The van der Waals surface area contributed by atoms with Crippen molar-refractivity contribution in [3.63, 3.8) is 0 Å². The highest BCUT2D eigenvalue weighted by atomic mass is 16.6. The van der Waals surface area contributed by atoms with Crippen LogP contribution in [0.1, 0.15) is 23.3 Å². The van der Waals surface area contributed by atoms with Gasteiger partial charge in [-0.05, 0) is 0 Å². The van der Waals surface area contributed by atoms with E-state index in [9.17, 15) is 10.0 Å². The molecule has 2 aliphatic rings. The Labute approximate surface area is 115 Å². The van der Waals surface area contributed by atoms with Gasteiger partial charge in [0, 0.05) is 26.2 Å². The van der Waals surface area contributed by atoms with E-state index in [1.165, 1.54) is 7.11 Å². The number of hydroxylamine groups is 1. The van der Waals surface area contributed by atoms with Crippen molar-refractivity contribution in [2.75, 3.05) is 20.7 Å². The second-order valence-electron chi connectivity index (χ2n) is 4.86. The van der Waals surface area contributed by atoms with Crippen LogP contribution in [0.3, 0.4) is 0 Å². The third-order valence-corrected chi connectivity index (χ3v) is 3.90. The summed E-state index contributed by atoms with van der Waals surface area (Å²) in [6.45, 7) is 0.531. The Bertz CT molecular complexity index is 583. The number of rotatable bonds is 2. The van der Waals surface area contributed by atoms with Gasteiger partial charge in [0.1, 0.15) is 6.04 Å². The topological polar surface area (TPSA) is 95.2 Å². The van der Waals surface area contributed by atoms with Gasteiger partial charge in [-0.3, -0.25) is 9.52 Å². The van der Waals surface area contributed by atoms with Crippen molar-refractivity contribution in [2.45, 2.75) is 12.1 Å². The summed E-state index contributed by atoms with van der Waals surface area (Å²) in [5.74, 6) is 0.152. The Morgan fingerprint density at radius 3 is 3.00 bits per heavy atom. The predicted molar refractivity (Wildman–Crippen MR) is 67.9 cm³/mol. The van der Waals surface area contributed by atoms with Crippen LogP contribution in [0.25, 0.3) is 0 Å². The van der Waals surface area contributed by atoms with E-state index >= 15 is 0 Å². The van der Waals surface area contributed by atoms with Crippen molar-refractivity contribution in [3.05, 3.63) is 17.5 Å². The van der Waals surface area contributed by atoms with E-state index in [1.54, 1.807) is 34.8 Å². The summed E-state index contributed by atoms with van der Waals surface area (Å²) in [4.78, 5) is 20.4. The first kappa shape index (κ1) is 12.7. The number of amides is 2. The number of amidine groups is 1. The zero-order valence-electron chi connectivity index (χ0n) is 11.4. The van der Waals surface area contributed by atoms with Crippen LogP contribution in [0.4, 0.5) is 4.79 Å². The lowest BCUT2D eigenvalue weighted by molar-refractivity contribution is 0.128. The molecule has 0 saturated carbocycles. The minimum absolute atomic E-state index is 0.0232. The largest absolute Gasteiger partial charge is 0.409 e. The van der Waals surface area contributed by atoms with Crippen LogP contribution in [0.15, 0.2) is 11.4 Å². The number of urea groups is 1. The summed E-state index contributed by atoms with van der Waals surface area (Å²) >= 11 is 0. The maximum atomic E-state index is 12.3. The molecule has 20 heavy (non-hydrogen) atoms. The zero-order valence-corrected chi connectivity index (χ0v) is 11.4. The normalized spacial score (nSPS) is 25.1. The number of nitrogens with zero attached hydrogens (tertiary/aromatic N) is 5. The number of oxime groups is 1. The minimum Gasteiger partial charge on any atom is -0.409 e. The summed E-state index contributed by atoms with van der Waals surface area (Å²) in [5, 5.41) is 16.7. The average molecular weight is 280 g/mol. The number of hydrogen-bond acceptors (Lipinski definition) is 5. The van der Waals surface area contributed by atoms with Gasteiger partial charge in [0.05, 0.1) is 25.0 Å². The molecule has 3 heterocycles. The van der Waals surface area contributed by atoms with Crippen LogP contribution in [0.5, 0.6) is 0 Å². The fourth-order valence-electron chi connectivity index (χ4n) is 2.96. The molecule has 1 aromatic heterocycles. The lowest BCUT2D eigenvalue weighted by atomic mass is 9.97. The van der Waals surface area contributed by atoms with E-state index in [2.05, 4.69) is 15.7 Å². The van der Waals surface area contributed by atoms with Gasteiger partial charge in [-0.2, -0.15) is 5.10 Å². The van der Waals surface area contributed by atoms with Crippen molar-refractivity contribution in [1.82, 2.24) is 25.1 Å². The second kappa shape index (κ2) is 4.37. The number of nitrogens with one attached hydrogen (secondary N) is 1. The van der Waals surface area contributed by atoms with Gasteiger partial charge in [0.25, 0.3) is 0 Å². The number of carbonyl (C=O) groups excluding carboxylic acids is 1. The second-order valence-corrected chi connectivity index (χ2v) is 4.86. The molecule has 2 N–H and O–H groups in total. The van der Waals surface area contributed by atoms with Crippen LogP contribution >= 0.6 is 0 Å². The Kier molecular flexibility index (Phi) is 2.78. The summed E-state index contributed by atoms with van der Waals surface area (Å²) in [6, 6.07) is -0.684. The first-order valence-electron chi connectivity index (χ1n) is 6.16. The SMILES string of the molecule is CON/C(=N\O)[C@@H]1c2c(cnn2C)[C@@H]2CN1C(=O)N2C. The monoisotopic (exact) mass is 280 g/mol. The molecular weight excluding hydrogens is 264 g/mol. The molecule has 9 nitrogen and oxygen atoms in total. The number of carbonyl (C=O) groups is 1. The molecule has 108 valence electrons. The zero-order chi connectivity index (χ0) is 14.4. The highest BCUT2D eigenvalue weighted by Crippen LogP contribution is 2.42. The molecule has 0 spiro atoms. The van der Waals surface area contributed by atoms with E-state index in [0.29, 0.717) is 6.54 Å². The van der Waals surface area contributed by atoms with E-state index < -0.39 is 6.04 Å². The molecule has 3 rings (SSSR count). The maximum absolute atomic E-state index is 12.3. The van der Waals surface area contributed by atoms with Gasteiger partial charge in [-0.1, -0.05) is 5.16 Å². The number of likely N-dealkylation sites (N-methyl/N-ethyl adjacent to an activating group) is 1. The Hall–Kier alpha value is -2.29. The van der Waals surface area contributed by atoms with E-state index in [-0.39, 0.29) is 17.9 Å². The number of aryl methyl sites for hydroxylation is 1. The molecule has 1 saturated heterocycles. The molecular formula is C11H16N6O3. The number of aromatic nitrogens is 2. The van der Waals surface area contributed by atoms with Gasteiger partial charge in [0.2, 0.25) is 0 Å². The standard InChI is InChI=1S/C11H16N6O3/c1-15-7-5-17(11(15)18)9(10(13-19)14-20-3)8-6(7)4-12-16(8)2/h4,7,9,19H,5H2,1-3H3,(H,13,14)/t7-,9-/m0/s1. The molecule has 2 aliphatic heterocycles. The average Bonchev–Trinajstić information content (AvgIpc) is 2.94. The van der Waals surface area contributed by atoms with Gasteiger partial charge >= 0.3 is 6.03 Å². The van der Waals surface area contributed by atoms with Crippen LogP contribution in [0, 0.1) is 0 Å². The van der Waals surface area contributed by atoms with Gasteiger partial charge in [0.15, 0.2) is 5.84 Å². The Balaban J connectivity index is 2.14. The van der Waals surface area contributed by atoms with Gasteiger partial charge in [-0.25, -0.2) is 10.3 Å². The predicted octanol–water partition coefficient (Wildman–Crippen LogP) is -0.178. The number of fused-ring (bicyclic) bond motifs is 4. The molecule has 0 radical (unpaired) electrons. The van der Waals surface area contributed by atoms with Crippen LogP contribution < -0.4 is 5.48 Å². The van der Waals surface area contributed by atoms with Gasteiger partial charge in [-0.15, -0.1) is 0 Å². The van der Waals surface area contributed by atoms with Crippen molar-refractivity contribution in [2.24, 2.45) is 12.2 Å². The molecule has 2 amide bonds. The molecule has 9 heteroatoms. The summed E-state index contributed by atoms with van der Waals surface area (Å²) < 4.78 is 1.69. The molecule has 2 bridgehead atoms. The Morgan fingerprint density at radius 2 is 2.35 bits per heavy atom. The lowest BCUT2D eigenvalue weighted by Gasteiger charge is -2.31. The van der Waals surface area contributed by atoms with Crippen molar-refractivity contribution < 1.29 is 14.8 Å². The van der Waals surface area contributed by atoms with Crippen molar-refractivity contribution in [3.8, 4) is 0 Å². The van der Waals surface area contributed by atoms with E-state index in [4.69, 9.17) is 4.84 Å². The highest BCUT2D eigenvalue weighted by Gasteiger charge is 2.49. The van der Waals surface area contributed by atoms with E-state index in [0.717, 1.165) is 11.3 Å². The first-order chi connectivity index (χ1) is 9.60. The molecule has 0 unspecified atom stereocenters. The first-order valence-corrected chi connectivity index (χ1v) is 6.16. The Morgan fingerprint density at radius 1 is 1.60 bits per heavy atom. The third-order valence-electron chi connectivity index (χ3n) is 3.90. The van der Waals surface area contributed by atoms with Gasteiger partial charge < -0.3 is 15.0 Å². The highest BCUT2D eigenvalue weighted by molar-refractivity contribution is 5.93. The quantitative estimate of drug-likeness (QED) is 0.339. The summed E-state index contributed by atoms with van der Waals surface area (Å²) in [7, 11) is 4.97. The third kappa shape index (κ3) is 1.49. The fourth-order valence-corrected chi connectivity index (χ4v) is 2.96. The molecule has 0 aliphatic carbocycles. The van der Waals surface area contributed by atoms with Crippen LogP contribution in [0.2, 0.25) is 0 Å². The maximum Gasteiger partial charge on any atom is 0.321 e. The fraction of sp³-hybridized carbons (Fsp3) is 0.545. The molecule has 1 fully saturated rings. The molecule has 1 aromatic rings. The summed E-state index contributed by atoms with van der Waals surface area (Å²) in [6.07, 6.45) is 1.75. The van der Waals surface area contributed by atoms with Crippen molar-refractivity contribution in [1.29, 1.82) is 0 Å². The van der Waals surface area contributed by atoms with Crippen molar-refractivity contribution >= 4 is 11.9 Å². The number of hydrogen-bond donors (Lipinski definition) is 2. The molecule has 0 aromatic carbocycles. The van der Waals surface area contributed by atoms with Crippen LogP contribution in [-0.4, -0.2) is 57.4 Å². The minimum atomic E-state index is -0.545. The summed E-state index contributed by atoms with van der Waals surface area (Å²) in [5.41, 5.74) is 4.30.